The van der Waals surface area contributed by atoms with Crippen molar-refractivity contribution in [1.29, 1.82) is 0 Å². The van der Waals surface area contributed by atoms with Crippen LogP contribution in [0.2, 0.25) is 0 Å². The molecule has 236 valence electrons. The molecule has 0 aliphatic heterocycles. The summed E-state index contributed by atoms with van der Waals surface area (Å²) in [6, 6.07) is 51.1. The molecule has 0 N–H and O–H groups in total. The fourth-order valence-electron chi connectivity index (χ4n) is 8.13. The van der Waals surface area contributed by atoms with E-state index in [2.05, 4.69) is 120 Å². The van der Waals surface area contributed by atoms with Crippen LogP contribution in [-0.2, 0) is 0 Å². The average molecular weight is 669 g/mol. The summed E-state index contributed by atoms with van der Waals surface area (Å²) in [5.41, 5.74) is 9.94. The highest BCUT2D eigenvalue weighted by Gasteiger charge is 2.24. The number of fused-ring (bicyclic) bond motifs is 12. The molecule has 5 nitrogen and oxygen atoms in total. The zero-order valence-corrected chi connectivity index (χ0v) is 27.8. The Morgan fingerprint density at radius 2 is 1.27 bits per heavy atom. The van der Waals surface area contributed by atoms with Crippen molar-refractivity contribution in [3.05, 3.63) is 146 Å². The van der Waals surface area contributed by atoms with Gasteiger partial charge in [0, 0.05) is 58.4 Å². The molecule has 0 aliphatic carbocycles. The average Bonchev–Trinajstić information content (AvgIpc) is 3.95. The minimum absolute atomic E-state index is 0.618. The van der Waals surface area contributed by atoms with Gasteiger partial charge in [-0.25, -0.2) is 15.0 Å². The first kappa shape index (κ1) is 27.2. The molecule has 5 aromatic heterocycles. The predicted molar refractivity (Wildman–Crippen MR) is 211 cm³/mol. The van der Waals surface area contributed by atoms with Gasteiger partial charge in [0.25, 0.3) is 0 Å². The van der Waals surface area contributed by atoms with Crippen LogP contribution in [0.15, 0.2) is 150 Å². The summed E-state index contributed by atoms with van der Waals surface area (Å²) in [6.45, 7) is 0. The molecule has 0 atom stereocenters. The molecular formula is C45H24N4OS. The van der Waals surface area contributed by atoms with Gasteiger partial charge in [-0.15, -0.1) is 11.3 Å². The third kappa shape index (κ3) is 3.71. The van der Waals surface area contributed by atoms with E-state index >= 15 is 0 Å². The molecular weight excluding hydrogens is 645 g/mol. The largest absolute Gasteiger partial charge is 0.435 e. The van der Waals surface area contributed by atoms with Crippen molar-refractivity contribution in [2.75, 3.05) is 0 Å². The van der Waals surface area contributed by atoms with E-state index in [-0.39, 0.29) is 0 Å². The third-order valence-electron chi connectivity index (χ3n) is 10.4. The molecule has 0 unspecified atom stereocenters. The minimum Gasteiger partial charge on any atom is -0.435 e. The summed E-state index contributed by atoms with van der Waals surface area (Å²) >= 11 is 1.82. The zero-order valence-electron chi connectivity index (χ0n) is 27.0. The third-order valence-corrected chi connectivity index (χ3v) is 11.6. The number of rotatable bonds is 3. The highest BCUT2D eigenvalue weighted by molar-refractivity contribution is 7.26. The number of benzene rings is 7. The van der Waals surface area contributed by atoms with Crippen LogP contribution in [0, 0.1) is 0 Å². The molecule has 0 bridgehead atoms. The lowest BCUT2D eigenvalue weighted by molar-refractivity contribution is 0.623. The van der Waals surface area contributed by atoms with Crippen molar-refractivity contribution < 1.29 is 4.42 Å². The summed E-state index contributed by atoms with van der Waals surface area (Å²) < 4.78 is 11.5. The van der Waals surface area contributed by atoms with Crippen molar-refractivity contribution in [2.45, 2.75) is 0 Å². The Balaban J connectivity index is 1.15. The quantitative estimate of drug-likeness (QED) is 0.188. The first-order valence-electron chi connectivity index (χ1n) is 17.0. The van der Waals surface area contributed by atoms with Gasteiger partial charge < -0.3 is 8.82 Å². The maximum atomic E-state index is 6.66. The van der Waals surface area contributed by atoms with Gasteiger partial charge in [-0.1, -0.05) is 91.0 Å². The molecule has 12 aromatic rings. The second-order valence-electron chi connectivity index (χ2n) is 13.2. The molecule has 6 heteroatoms. The summed E-state index contributed by atoms with van der Waals surface area (Å²) in [5.74, 6) is 1.31. The van der Waals surface area contributed by atoms with Crippen molar-refractivity contribution in [3.63, 3.8) is 0 Å². The topological polar surface area (TPSA) is 56.2 Å². The lowest BCUT2D eigenvalue weighted by atomic mass is 10.0. The van der Waals surface area contributed by atoms with E-state index in [1.165, 1.54) is 30.9 Å². The van der Waals surface area contributed by atoms with E-state index < -0.39 is 0 Å². The number of thiophene rings is 1. The van der Waals surface area contributed by atoms with E-state index in [0.717, 1.165) is 71.7 Å². The molecule has 0 amide bonds. The molecule has 0 spiro atoms. The van der Waals surface area contributed by atoms with Gasteiger partial charge in [0.05, 0.1) is 33.1 Å². The van der Waals surface area contributed by atoms with Crippen LogP contribution in [-0.4, -0.2) is 19.4 Å². The van der Waals surface area contributed by atoms with Crippen LogP contribution in [0.25, 0.3) is 114 Å². The second-order valence-corrected chi connectivity index (χ2v) is 14.2. The number of nitrogens with zero attached hydrogens (tertiary/aromatic N) is 4. The van der Waals surface area contributed by atoms with Crippen LogP contribution in [0.5, 0.6) is 0 Å². The van der Waals surface area contributed by atoms with Gasteiger partial charge in [0.15, 0.2) is 11.4 Å². The van der Waals surface area contributed by atoms with E-state index in [1.807, 2.05) is 41.7 Å². The second kappa shape index (κ2) is 9.97. The highest BCUT2D eigenvalue weighted by atomic mass is 32.1. The Kier molecular flexibility index (Phi) is 5.32. The maximum Gasteiger partial charge on any atom is 0.227 e. The van der Waals surface area contributed by atoms with E-state index in [9.17, 15) is 0 Å². The maximum absolute atomic E-state index is 6.66. The number of oxazole rings is 1. The van der Waals surface area contributed by atoms with Crippen LogP contribution in [0.4, 0.5) is 0 Å². The Morgan fingerprint density at radius 1 is 0.510 bits per heavy atom. The number of hydrogen-bond donors (Lipinski definition) is 0. The van der Waals surface area contributed by atoms with Crippen molar-refractivity contribution in [2.24, 2.45) is 0 Å². The minimum atomic E-state index is 0.618. The van der Waals surface area contributed by atoms with E-state index in [4.69, 9.17) is 19.4 Å². The number of aromatic nitrogens is 4. The number of hydrogen-bond acceptors (Lipinski definition) is 5. The Hall–Kier alpha value is -6.63. The van der Waals surface area contributed by atoms with Crippen LogP contribution >= 0.6 is 11.3 Å². The van der Waals surface area contributed by atoms with Gasteiger partial charge in [-0.3, -0.25) is 0 Å². The Bertz CT molecular complexity index is 3370. The SMILES string of the molecule is c1ccc(-c2nc3cc4c5ccccc5n5c6ccc(-c7nc(-c8cccc9c8sc8ccccc89)c8ccccc8n7)cc6c(c3o2)c45)cc1. The molecule has 0 aliphatic rings. The lowest BCUT2D eigenvalue weighted by Gasteiger charge is -2.10. The molecule has 51 heavy (non-hydrogen) atoms. The van der Waals surface area contributed by atoms with Gasteiger partial charge in [-0.2, -0.15) is 0 Å². The van der Waals surface area contributed by atoms with Gasteiger partial charge in [0.1, 0.15) is 5.52 Å². The Labute approximate surface area is 294 Å². The normalized spacial score (nSPS) is 12.3. The molecule has 0 saturated carbocycles. The summed E-state index contributed by atoms with van der Waals surface area (Å²) in [7, 11) is 0. The smallest absolute Gasteiger partial charge is 0.227 e. The van der Waals surface area contributed by atoms with Crippen LogP contribution in [0.3, 0.4) is 0 Å². The monoisotopic (exact) mass is 668 g/mol. The number of para-hydroxylation sites is 2. The fourth-order valence-corrected chi connectivity index (χ4v) is 9.35. The van der Waals surface area contributed by atoms with E-state index in [1.54, 1.807) is 0 Å². The fraction of sp³-hybridized carbons (Fsp3) is 0. The summed E-state index contributed by atoms with van der Waals surface area (Å²) in [6.07, 6.45) is 0. The van der Waals surface area contributed by atoms with Crippen molar-refractivity contribution in [1.82, 2.24) is 19.4 Å². The van der Waals surface area contributed by atoms with Gasteiger partial charge in [0.2, 0.25) is 5.89 Å². The first-order valence-corrected chi connectivity index (χ1v) is 17.8. The lowest BCUT2D eigenvalue weighted by Crippen LogP contribution is -1.95. The molecule has 0 saturated heterocycles. The molecule has 0 fully saturated rings. The summed E-state index contributed by atoms with van der Waals surface area (Å²) in [4.78, 5) is 15.6. The van der Waals surface area contributed by atoms with Crippen molar-refractivity contribution in [3.8, 4) is 34.1 Å². The summed E-state index contributed by atoms with van der Waals surface area (Å²) in [5, 5.41) is 8.08. The molecule has 12 rings (SSSR count). The zero-order chi connectivity index (χ0) is 33.2. The molecule has 0 radical (unpaired) electrons. The van der Waals surface area contributed by atoms with Gasteiger partial charge in [-0.05, 0) is 54.6 Å². The molecule has 7 aromatic carbocycles. The predicted octanol–water partition coefficient (Wildman–Crippen LogP) is 12.3. The molecule has 5 heterocycles. The van der Waals surface area contributed by atoms with Gasteiger partial charge >= 0.3 is 0 Å². The van der Waals surface area contributed by atoms with E-state index in [0.29, 0.717) is 11.7 Å². The van der Waals surface area contributed by atoms with Crippen molar-refractivity contribution >= 4 is 91.6 Å². The van der Waals surface area contributed by atoms with Crippen LogP contribution in [0.1, 0.15) is 0 Å². The van der Waals surface area contributed by atoms with Crippen LogP contribution < -0.4 is 0 Å². The first-order chi connectivity index (χ1) is 25.3. The highest BCUT2D eigenvalue weighted by Crippen LogP contribution is 2.45. The standard InChI is InChI=1S/C45H24N4OS/c1-2-11-25(12-3-1)45-47-35-24-32-27-13-5-8-19-36(27)49-37-22-21-26(23-33(37)39(41(32)49)42(35)50-45)44-46-34-18-7-4-15-30(34)40(48-44)31-17-10-16-29-28-14-6-9-20-38(28)51-43(29)31/h1-24H. The Morgan fingerprint density at radius 3 is 2.20 bits per heavy atom.